The summed E-state index contributed by atoms with van der Waals surface area (Å²) in [5.74, 6) is -0.390. The van der Waals surface area contributed by atoms with Gasteiger partial charge in [-0.15, -0.1) is 11.3 Å². The zero-order valence-corrected chi connectivity index (χ0v) is 11.6. The highest BCUT2D eigenvalue weighted by molar-refractivity contribution is 7.17. The van der Waals surface area contributed by atoms with E-state index in [0.717, 1.165) is 15.6 Å². The maximum atomic E-state index is 12.2. The molecule has 4 nitrogen and oxygen atoms in total. The minimum atomic E-state index is -0.416. The summed E-state index contributed by atoms with van der Waals surface area (Å²) in [5.41, 5.74) is 1.45. The van der Waals surface area contributed by atoms with Crippen molar-refractivity contribution in [1.82, 2.24) is 5.32 Å². The van der Waals surface area contributed by atoms with Crippen molar-refractivity contribution >= 4 is 44.4 Å². The second kappa shape index (κ2) is 4.43. The van der Waals surface area contributed by atoms with Crippen molar-refractivity contribution in [2.75, 3.05) is 0 Å². The second-order valence-electron chi connectivity index (χ2n) is 4.66. The standard InChI is InChI=1S/C16H9NO3S/c18-15-13(10-8-21-12-6-2-1-4-9(10)12)14(16(19)17-15)11-5-3-7-20-11/h1-8H,(H,17,18,19). The van der Waals surface area contributed by atoms with Gasteiger partial charge in [-0.1, -0.05) is 18.2 Å². The fourth-order valence-electron chi connectivity index (χ4n) is 2.54. The smallest absolute Gasteiger partial charge is 0.262 e. The molecule has 0 atom stereocenters. The Morgan fingerprint density at radius 2 is 1.76 bits per heavy atom. The van der Waals surface area contributed by atoms with E-state index in [1.54, 1.807) is 23.5 Å². The number of benzene rings is 1. The zero-order valence-electron chi connectivity index (χ0n) is 10.8. The average Bonchev–Trinajstić information content (AvgIpc) is 3.17. The molecule has 0 aliphatic carbocycles. The van der Waals surface area contributed by atoms with Crippen LogP contribution in [0.4, 0.5) is 0 Å². The van der Waals surface area contributed by atoms with Gasteiger partial charge in [-0.05, 0) is 18.2 Å². The number of amides is 2. The van der Waals surface area contributed by atoms with Crippen molar-refractivity contribution in [2.24, 2.45) is 0 Å². The van der Waals surface area contributed by atoms with Gasteiger partial charge in [0.05, 0.1) is 17.4 Å². The quantitative estimate of drug-likeness (QED) is 0.739. The van der Waals surface area contributed by atoms with Gasteiger partial charge < -0.3 is 4.42 Å². The molecule has 102 valence electrons. The van der Waals surface area contributed by atoms with E-state index in [0.29, 0.717) is 16.9 Å². The van der Waals surface area contributed by atoms with Gasteiger partial charge in [0.25, 0.3) is 11.8 Å². The van der Waals surface area contributed by atoms with Crippen LogP contribution in [-0.2, 0) is 9.59 Å². The van der Waals surface area contributed by atoms with Crippen molar-refractivity contribution in [2.45, 2.75) is 0 Å². The number of carbonyl (C=O) groups excluding carboxylic acids is 2. The molecule has 3 heterocycles. The zero-order chi connectivity index (χ0) is 14.4. The molecule has 0 unspecified atom stereocenters. The van der Waals surface area contributed by atoms with Crippen molar-refractivity contribution in [3.05, 3.63) is 59.4 Å². The number of imide groups is 1. The van der Waals surface area contributed by atoms with E-state index in [1.807, 2.05) is 29.6 Å². The Bertz CT molecular complexity index is 903. The fraction of sp³-hybridized carbons (Fsp3) is 0. The number of hydrogen-bond donors (Lipinski definition) is 1. The molecule has 0 spiro atoms. The first kappa shape index (κ1) is 12.1. The van der Waals surface area contributed by atoms with Gasteiger partial charge in [-0.3, -0.25) is 14.9 Å². The number of nitrogens with one attached hydrogen (secondary N) is 1. The van der Waals surface area contributed by atoms with Gasteiger partial charge in [0.15, 0.2) is 0 Å². The van der Waals surface area contributed by atoms with Crippen LogP contribution in [0, 0.1) is 0 Å². The van der Waals surface area contributed by atoms with Crippen LogP contribution in [0.1, 0.15) is 11.3 Å². The normalized spacial score (nSPS) is 15.0. The molecular formula is C16H9NO3S. The lowest BCUT2D eigenvalue weighted by Gasteiger charge is -2.00. The summed E-state index contributed by atoms with van der Waals surface area (Å²) >= 11 is 1.55. The number of carbonyl (C=O) groups is 2. The van der Waals surface area contributed by atoms with E-state index in [9.17, 15) is 9.59 Å². The van der Waals surface area contributed by atoms with Gasteiger partial charge >= 0.3 is 0 Å². The minimum Gasteiger partial charge on any atom is -0.464 e. The Kier molecular flexibility index (Phi) is 2.55. The lowest BCUT2D eigenvalue weighted by molar-refractivity contribution is -0.122. The van der Waals surface area contributed by atoms with E-state index in [2.05, 4.69) is 5.32 Å². The summed E-state index contributed by atoms with van der Waals surface area (Å²) < 4.78 is 6.38. The molecule has 21 heavy (non-hydrogen) atoms. The highest BCUT2D eigenvalue weighted by Crippen LogP contribution is 2.37. The molecule has 3 aromatic rings. The molecule has 5 heteroatoms. The predicted molar refractivity (Wildman–Crippen MR) is 80.5 cm³/mol. The number of thiophene rings is 1. The van der Waals surface area contributed by atoms with E-state index in [1.165, 1.54) is 6.26 Å². The number of furan rings is 1. The Hall–Kier alpha value is -2.66. The highest BCUT2D eigenvalue weighted by atomic mass is 32.1. The Morgan fingerprint density at radius 1 is 0.952 bits per heavy atom. The second-order valence-corrected chi connectivity index (χ2v) is 5.57. The van der Waals surface area contributed by atoms with E-state index in [-0.39, 0.29) is 5.91 Å². The van der Waals surface area contributed by atoms with Crippen LogP contribution in [0.3, 0.4) is 0 Å². The van der Waals surface area contributed by atoms with Gasteiger partial charge in [0.2, 0.25) is 0 Å². The highest BCUT2D eigenvalue weighted by Gasteiger charge is 2.34. The lowest BCUT2D eigenvalue weighted by Crippen LogP contribution is -2.22. The number of rotatable bonds is 2. The van der Waals surface area contributed by atoms with Crippen molar-refractivity contribution in [1.29, 1.82) is 0 Å². The molecule has 0 saturated carbocycles. The Labute approximate surface area is 123 Å². The minimum absolute atomic E-state index is 0.300. The van der Waals surface area contributed by atoms with Crippen LogP contribution in [0.15, 0.2) is 52.5 Å². The average molecular weight is 295 g/mol. The molecule has 0 fully saturated rings. The van der Waals surface area contributed by atoms with E-state index < -0.39 is 5.91 Å². The molecule has 0 saturated heterocycles. The van der Waals surface area contributed by atoms with Crippen LogP contribution < -0.4 is 5.32 Å². The summed E-state index contributed by atoms with van der Waals surface area (Å²) in [6.45, 7) is 0. The van der Waals surface area contributed by atoms with Crippen LogP contribution >= 0.6 is 11.3 Å². The maximum absolute atomic E-state index is 12.2. The van der Waals surface area contributed by atoms with Crippen LogP contribution in [0.5, 0.6) is 0 Å². The summed E-state index contributed by atoms with van der Waals surface area (Å²) in [7, 11) is 0. The third-order valence-electron chi connectivity index (χ3n) is 3.45. The molecule has 1 aliphatic heterocycles. The van der Waals surface area contributed by atoms with Crippen LogP contribution in [0.2, 0.25) is 0 Å². The van der Waals surface area contributed by atoms with Crippen LogP contribution in [-0.4, -0.2) is 11.8 Å². The van der Waals surface area contributed by atoms with Gasteiger partial charge in [-0.2, -0.15) is 0 Å². The van der Waals surface area contributed by atoms with E-state index in [4.69, 9.17) is 4.42 Å². The SMILES string of the molecule is O=C1NC(=O)C(c2csc3ccccc23)=C1c1ccco1. The summed E-state index contributed by atoms with van der Waals surface area (Å²) in [5, 5.41) is 5.22. The third kappa shape index (κ3) is 1.75. The van der Waals surface area contributed by atoms with Gasteiger partial charge in [0, 0.05) is 21.0 Å². The molecule has 0 bridgehead atoms. The lowest BCUT2D eigenvalue weighted by atomic mass is 9.99. The topological polar surface area (TPSA) is 59.3 Å². The molecule has 2 amide bonds. The maximum Gasteiger partial charge on any atom is 0.262 e. The molecule has 1 N–H and O–H groups in total. The third-order valence-corrected chi connectivity index (χ3v) is 4.41. The molecule has 1 aromatic carbocycles. The molecule has 2 aromatic heterocycles. The summed E-state index contributed by atoms with van der Waals surface area (Å²) in [6.07, 6.45) is 1.49. The fourth-order valence-corrected chi connectivity index (χ4v) is 3.49. The monoisotopic (exact) mass is 295 g/mol. The number of hydrogen-bond acceptors (Lipinski definition) is 4. The first-order valence-electron chi connectivity index (χ1n) is 6.36. The largest absolute Gasteiger partial charge is 0.464 e. The predicted octanol–water partition coefficient (Wildman–Crippen LogP) is 3.06. The molecular weight excluding hydrogens is 286 g/mol. The van der Waals surface area contributed by atoms with Crippen molar-refractivity contribution in [3.63, 3.8) is 0 Å². The van der Waals surface area contributed by atoms with Gasteiger partial charge in [0.1, 0.15) is 5.76 Å². The van der Waals surface area contributed by atoms with Crippen molar-refractivity contribution in [3.8, 4) is 0 Å². The van der Waals surface area contributed by atoms with Gasteiger partial charge in [-0.25, -0.2) is 0 Å². The Balaban J connectivity index is 2.04. The molecule has 4 rings (SSSR count). The summed E-state index contributed by atoms with van der Waals surface area (Å²) in [4.78, 5) is 24.3. The van der Waals surface area contributed by atoms with Crippen molar-refractivity contribution < 1.29 is 14.0 Å². The number of fused-ring (bicyclic) bond motifs is 1. The van der Waals surface area contributed by atoms with Crippen LogP contribution in [0.25, 0.3) is 21.2 Å². The summed E-state index contributed by atoms with van der Waals surface area (Å²) in [6, 6.07) is 11.2. The first-order chi connectivity index (χ1) is 10.3. The molecule has 1 aliphatic rings. The molecule has 0 radical (unpaired) electrons. The Morgan fingerprint density at radius 3 is 2.57 bits per heavy atom. The first-order valence-corrected chi connectivity index (χ1v) is 7.24. The van der Waals surface area contributed by atoms with E-state index >= 15 is 0 Å².